The molecular formula is C12H7BrCl2FNO. The van der Waals surface area contributed by atoms with Crippen molar-refractivity contribution in [2.45, 2.75) is 0 Å². The Balaban J connectivity index is 2.37. The standard InChI is InChI=1S/C12H7BrCl2FNO/c13-8-2-1-7(5-11(8)16)18-12-9(14)3-6(17)4-10(12)15/h1-5H,17H2. The van der Waals surface area contributed by atoms with E-state index in [0.717, 1.165) is 0 Å². The Kier molecular flexibility index (Phi) is 4.00. The van der Waals surface area contributed by atoms with Gasteiger partial charge in [-0.25, -0.2) is 4.39 Å². The van der Waals surface area contributed by atoms with Crippen LogP contribution in [0.5, 0.6) is 11.5 Å². The Hall–Kier alpha value is -0.970. The number of rotatable bonds is 2. The molecule has 0 amide bonds. The van der Waals surface area contributed by atoms with Gasteiger partial charge in [-0.05, 0) is 40.2 Å². The van der Waals surface area contributed by atoms with E-state index in [-0.39, 0.29) is 15.8 Å². The van der Waals surface area contributed by atoms with Crippen molar-refractivity contribution >= 4 is 44.8 Å². The second-order valence-corrected chi connectivity index (χ2v) is 5.16. The minimum absolute atomic E-state index is 0.245. The molecule has 6 heteroatoms. The number of hydrogen-bond acceptors (Lipinski definition) is 2. The minimum Gasteiger partial charge on any atom is -0.454 e. The number of nitrogens with two attached hydrogens (primary N) is 1. The number of benzene rings is 2. The van der Waals surface area contributed by atoms with Crippen LogP contribution < -0.4 is 10.5 Å². The Morgan fingerprint density at radius 2 is 1.72 bits per heavy atom. The van der Waals surface area contributed by atoms with E-state index in [0.29, 0.717) is 15.9 Å². The van der Waals surface area contributed by atoms with Gasteiger partial charge in [0.1, 0.15) is 11.6 Å². The minimum atomic E-state index is -0.435. The Bertz CT molecular complexity index is 584. The van der Waals surface area contributed by atoms with Crippen LogP contribution in [0, 0.1) is 5.82 Å². The van der Waals surface area contributed by atoms with Crippen LogP contribution in [0.2, 0.25) is 10.0 Å². The molecule has 0 atom stereocenters. The number of halogens is 4. The summed E-state index contributed by atoms with van der Waals surface area (Å²) < 4.78 is 19.1. The molecule has 0 spiro atoms. The predicted octanol–water partition coefficient (Wildman–Crippen LogP) is 5.27. The van der Waals surface area contributed by atoms with Crippen molar-refractivity contribution < 1.29 is 9.13 Å². The Morgan fingerprint density at radius 1 is 1.11 bits per heavy atom. The summed E-state index contributed by atoms with van der Waals surface area (Å²) in [5.74, 6) is 0.105. The highest BCUT2D eigenvalue weighted by Gasteiger charge is 2.11. The maximum absolute atomic E-state index is 13.3. The van der Waals surface area contributed by atoms with Crippen LogP contribution in [0.15, 0.2) is 34.8 Å². The molecule has 0 aromatic heterocycles. The number of nitrogen functional groups attached to an aromatic ring is 1. The van der Waals surface area contributed by atoms with Crippen LogP contribution in [-0.2, 0) is 0 Å². The highest BCUT2D eigenvalue weighted by molar-refractivity contribution is 9.10. The third-order valence-electron chi connectivity index (χ3n) is 2.13. The molecule has 94 valence electrons. The predicted molar refractivity (Wildman–Crippen MR) is 75.0 cm³/mol. The fraction of sp³-hybridized carbons (Fsp3) is 0. The van der Waals surface area contributed by atoms with Crippen molar-refractivity contribution in [2.24, 2.45) is 0 Å². The zero-order valence-electron chi connectivity index (χ0n) is 8.88. The number of hydrogen-bond donors (Lipinski definition) is 1. The second kappa shape index (κ2) is 5.34. The normalized spacial score (nSPS) is 10.4. The highest BCUT2D eigenvalue weighted by Crippen LogP contribution is 2.38. The summed E-state index contributed by atoms with van der Waals surface area (Å²) in [6.45, 7) is 0. The Labute approximate surface area is 122 Å². The van der Waals surface area contributed by atoms with Gasteiger partial charge in [-0.15, -0.1) is 0 Å². The maximum atomic E-state index is 13.3. The van der Waals surface area contributed by atoms with Crippen molar-refractivity contribution in [3.05, 3.63) is 50.7 Å². The molecule has 2 nitrogen and oxygen atoms in total. The molecule has 0 bridgehead atoms. The van der Waals surface area contributed by atoms with Gasteiger partial charge in [0.05, 0.1) is 14.5 Å². The fourth-order valence-corrected chi connectivity index (χ4v) is 2.16. The van der Waals surface area contributed by atoms with Crippen LogP contribution in [0.3, 0.4) is 0 Å². The van der Waals surface area contributed by atoms with Gasteiger partial charge in [0.2, 0.25) is 0 Å². The molecule has 18 heavy (non-hydrogen) atoms. The van der Waals surface area contributed by atoms with E-state index in [2.05, 4.69) is 15.9 Å². The molecule has 0 aliphatic carbocycles. The molecule has 0 fully saturated rings. The van der Waals surface area contributed by atoms with Gasteiger partial charge < -0.3 is 10.5 Å². The van der Waals surface area contributed by atoms with Gasteiger partial charge in [-0.3, -0.25) is 0 Å². The lowest BCUT2D eigenvalue weighted by molar-refractivity contribution is 0.476. The lowest BCUT2D eigenvalue weighted by atomic mass is 10.3. The molecule has 2 aromatic carbocycles. The summed E-state index contributed by atoms with van der Waals surface area (Å²) in [6.07, 6.45) is 0. The molecule has 0 saturated heterocycles. The summed E-state index contributed by atoms with van der Waals surface area (Å²) in [5, 5.41) is 0.534. The van der Waals surface area contributed by atoms with E-state index >= 15 is 0 Å². The quantitative estimate of drug-likeness (QED) is 0.749. The average Bonchev–Trinajstić information content (AvgIpc) is 2.28. The SMILES string of the molecule is Nc1cc(Cl)c(Oc2ccc(Br)c(F)c2)c(Cl)c1. The third-order valence-corrected chi connectivity index (χ3v) is 3.34. The molecule has 0 heterocycles. The first kappa shape index (κ1) is 13.5. The first-order chi connectivity index (χ1) is 8.47. The summed E-state index contributed by atoms with van der Waals surface area (Å²) in [5.41, 5.74) is 6.01. The fourth-order valence-electron chi connectivity index (χ4n) is 1.34. The van der Waals surface area contributed by atoms with Gasteiger partial charge >= 0.3 is 0 Å². The van der Waals surface area contributed by atoms with E-state index in [1.54, 1.807) is 6.07 Å². The van der Waals surface area contributed by atoms with E-state index in [9.17, 15) is 4.39 Å². The highest BCUT2D eigenvalue weighted by atomic mass is 79.9. The monoisotopic (exact) mass is 349 g/mol. The van der Waals surface area contributed by atoms with Gasteiger partial charge in [-0.2, -0.15) is 0 Å². The molecular weight excluding hydrogens is 344 g/mol. The molecule has 0 radical (unpaired) electrons. The summed E-state index contributed by atoms with van der Waals surface area (Å²) in [6, 6.07) is 7.38. The first-order valence-electron chi connectivity index (χ1n) is 4.85. The lowest BCUT2D eigenvalue weighted by Crippen LogP contribution is -1.91. The third kappa shape index (κ3) is 2.88. The van der Waals surface area contributed by atoms with Crippen molar-refractivity contribution in [2.75, 3.05) is 5.73 Å². The van der Waals surface area contributed by atoms with Gasteiger partial charge in [0, 0.05) is 11.8 Å². The molecule has 0 unspecified atom stereocenters. The van der Waals surface area contributed by atoms with Crippen molar-refractivity contribution in [1.82, 2.24) is 0 Å². The van der Waals surface area contributed by atoms with Crippen LogP contribution in [0.25, 0.3) is 0 Å². The van der Waals surface area contributed by atoms with Gasteiger partial charge in [-0.1, -0.05) is 23.2 Å². The summed E-state index contributed by atoms with van der Waals surface area (Å²) in [7, 11) is 0. The lowest BCUT2D eigenvalue weighted by Gasteiger charge is -2.10. The Morgan fingerprint density at radius 3 is 2.28 bits per heavy atom. The molecule has 0 aliphatic rings. The van der Waals surface area contributed by atoms with Crippen LogP contribution in [0.4, 0.5) is 10.1 Å². The molecule has 2 aromatic rings. The second-order valence-electron chi connectivity index (χ2n) is 3.49. The number of ether oxygens (including phenoxy) is 1. The summed E-state index contributed by atoms with van der Waals surface area (Å²) >= 11 is 15.0. The van der Waals surface area contributed by atoms with Crippen LogP contribution >= 0.6 is 39.1 Å². The van der Waals surface area contributed by atoms with Gasteiger partial charge in [0.25, 0.3) is 0 Å². The molecule has 0 aliphatic heterocycles. The zero-order valence-corrected chi connectivity index (χ0v) is 12.0. The largest absolute Gasteiger partial charge is 0.454 e. The zero-order chi connectivity index (χ0) is 13.3. The summed E-state index contributed by atoms with van der Waals surface area (Å²) in [4.78, 5) is 0. The van der Waals surface area contributed by atoms with Crippen LogP contribution in [0.1, 0.15) is 0 Å². The average molecular weight is 351 g/mol. The van der Waals surface area contributed by atoms with Crippen molar-refractivity contribution in [3.8, 4) is 11.5 Å². The van der Waals surface area contributed by atoms with Crippen molar-refractivity contribution in [1.29, 1.82) is 0 Å². The maximum Gasteiger partial charge on any atom is 0.164 e. The van der Waals surface area contributed by atoms with E-state index < -0.39 is 5.82 Å². The molecule has 2 N–H and O–H groups in total. The molecule has 0 saturated carbocycles. The molecule has 2 rings (SSSR count). The topological polar surface area (TPSA) is 35.2 Å². The van der Waals surface area contributed by atoms with Gasteiger partial charge in [0.15, 0.2) is 5.75 Å². The smallest absolute Gasteiger partial charge is 0.164 e. The number of anilines is 1. The first-order valence-corrected chi connectivity index (χ1v) is 6.39. The van der Waals surface area contributed by atoms with E-state index in [1.807, 2.05) is 0 Å². The van der Waals surface area contributed by atoms with Crippen molar-refractivity contribution in [3.63, 3.8) is 0 Å². The van der Waals surface area contributed by atoms with E-state index in [1.165, 1.54) is 24.3 Å². The van der Waals surface area contributed by atoms with Crippen LogP contribution in [-0.4, -0.2) is 0 Å². The van der Waals surface area contributed by atoms with E-state index in [4.69, 9.17) is 33.7 Å².